The molecule has 1 saturated heterocycles. The molecule has 1 fully saturated rings. The van der Waals surface area contributed by atoms with Crippen molar-refractivity contribution < 1.29 is 47.7 Å². The smallest absolute Gasteiger partial charge is 0.266 e. The number of hydrogen-bond donors (Lipinski definition) is 2. The summed E-state index contributed by atoms with van der Waals surface area (Å²) in [6.45, 7) is 5.49. The van der Waals surface area contributed by atoms with Crippen molar-refractivity contribution in [2.45, 2.75) is 25.8 Å². The van der Waals surface area contributed by atoms with Crippen molar-refractivity contribution in [1.29, 1.82) is 0 Å². The lowest BCUT2D eigenvalue weighted by molar-refractivity contribution is -0.136. The van der Waals surface area contributed by atoms with E-state index in [0.717, 1.165) is 4.90 Å². The molecule has 0 radical (unpaired) electrons. The molecule has 2 N–H and O–H groups in total. The van der Waals surface area contributed by atoms with Gasteiger partial charge in [0.25, 0.3) is 17.7 Å². The zero-order valence-electron chi connectivity index (χ0n) is 21.3. The fourth-order valence-corrected chi connectivity index (χ4v) is 3.87. The minimum atomic E-state index is -1.08. The lowest BCUT2D eigenvalue weighted by atomic mass is 10.0. The van der Waals surface area contributed by atoms with Crippen LogP contribution >= 0.6 is 0 Å². The van der Waals surface area contributed by atoms with E-state index in [1.54, 1.807) is 0 Å². The molecule has 2 aliphatic heterocycles. The Balaban J connectivity index is 1.34. The second kappa shape index (κ2) is 15.1. The Morgan fingerprint density at radius 3 is 2.26 bits per heavy atom. The van der Waals surface area contributed by atoms with Gasteiger partial charge in [-0.2, -0.15) is 0 Å². The summed E-state index contributed by atoms with van der Waals surface area (Å²) in [5.74, 6) is -2.89. The van der Waals surface area contributed by atoms with Crippen LogP contribution in [0.3, 0.4) is 0 Å². The van der Waals surface area contributed by atoms with Gasteiger partial charge in [-0.05, 0) is 25.5 Å². The van der Waals surface area contributed by atoms with Crippen LogP contribution in [0.15, 0.2) is 18.2 Å². The number of hydrogen-bond acceptors (Lipinski definition) is 10. The van der Waals surface area contributed by atoms with Crippen molar-refractivity contribution >= 4 is 29.5 Å². The van der Waals surface area contributed by atoms with Gasteiger partial charge in [0.15, 0.2) is 6.61 Å². The molecule has 0 aromatic heterocycles. The number of benzene rings is 1. The highest BCUT2D eigenvalue weighted by Crippen LogP contribution is 2.33. The lowest BCUT2D eigenvalue weighted by Crippen LogP contribution is -2.54. The molecule has 0 aliphatic carbocycles. The van der Waals surface area contributed by atoms with Crippen LogP contribution in [0, 0.1) is 0 Å². The molecule has 1 atom stereocenters. The fourth-order valence-electron chi connectivity index (χ4n) is 3.87. The van der Waals surface area contributed by atoms with Crippen LogP contribution in [0.2, 0.25) is 0 Å². The maximum atomic E-state index is 13.0. The Hall–Kier alpha value is -3.39. The number of nitrogens with zero attached hydrogens (tertiary/aromatic N) is 1. The summed E-state index contributed by atoms with van der Waals surface area (Å²) < 4.78 is 26.8. The number of carbonyl (C=O) groups is 5. The minimum Gasteiger partial charge on any atom is -0.483 e. The number of imide groups is 2. The average Bonchev–Trinajstić information content (AvgIpc) is 3.15. The molecule has 1 unspecified atom stereocenters. The maximum absolute atomic E-state index is 13.0. The topological polar surface area (TPSA) is 159 Å². The molecule has 2 aliphatic rings. The summed E-state index contributed by atoms with van der Waals surface area (Å²) in [5.41, 5.74) is 0.0586. The van der Waals surface area contributed by atoms with Gasteiger partial charge in [-0.25, -0.2) is 0 Å². The first-order valence-electron chi connectivity index (χ1n) is 12.5. The molecular formula is C25H33N3O10. The van der Waals surface area contributed by atoms with Crippen molar-refractivity contribution in [3.8, 4) is 5.75 Å². The molecular weight excluding hydrogens is 502 g/mol. The van der Waals surface area contributed by atoms with Crippen LogP contribution in [-0.4, -0.2) is 106 Å². The fraction of sp³-hybridized carbons (Fsp3) is 0.560. The predicted molar refractivity (Wildman–Crippen MR) is 131 cm³/mol. The van der Waals surface area contributed by atoms with E-state index in [1.807, 2.05) is 6.92 Å². The number of nitrogens with one attached hydrogen (secondary N) is 2. The zero-order chi connectivity index (χ0) is 27.3. The first-order chi connectivity index (χ1) is 18.4. The molecule has 5 amide bonds. The SMILES string of the molecule is CCOCCOCCOCCOCCNC(=O)COc1cccc2c1C(=O)N(C1CCC(=O)NC1=O)C2=O. The van der Waals surface area contributed by atoms with Crippen molar-refractivity contribution in [1.82, 2.24) is 15.5 Å². The van der Waals surface area contributed by atoms with Crippen molar-refractivity contribution in [3.63, 3.8) is 0 Å². The number of ether oxygens (including phenoxy) is 5. The van der Waals surface area contributed by atoms with Crippen molar-refractivity contribution in [2.24, 2.45) is 0 Å². The Kier molecular flexibility index (Phi) is 11.6. The van der Waals surface area contributed by atoms with Gasteiger partial charge in [0.1, 0.15) is 11.8 Å². The number of carbonyl (C=O) groups excluding carboxylic acids is 5. The molecule has 3 rings (SSSR count). The highest BCUT2D eigenvalue weighted by atomic mass is 16.6. The first-order valence-corrected chi connectivity index (χ1v) is 12.5. The Bertz CT molecular complexity index is 1020. The molecule has 0 bridgehead atoms. The summed E-state index contributed by atoms with van der Waals surface area (Å²) in [4.78, 5) is 62.5. The molecule has 0 spiro atoms. The quantitative estimate of drug-likeness (QED) is 0.200. The van der Waals surface area contributed by atoms with E-state index in [1.165, 1.54) is 18.2 Å². The van der Waals surface area contributed by atoms with Gasteiger partial charge in [-0.3, -0.25) is 34.2 Å². The Morgan fingerprint density at radius 1 is 0.947 bits per heavy atom. The van der Waals surface area contributed by atoms with Gasteiger partial charge in [0.05, 0.1) is 57.4 Å². The summed E-state index contributed by atoms with van der Waals surface area (Å²) in [7, 11) is 0. The third-order valence-corrected chi connectivity index (χ3v) is 5.68. The maximum Gasteiger partial charge on any atom is 0.266 e. The number of rotatable bonds is 17. The summed E-state index contributed by atoms with van der Waals surface area (Å²) in [5, 5.41) is 4.78. The normalized spacial score (nSPS) is 17.0. The molecule has 1 aromatic rings. The average molecular weight is 536 g/mol. The number of fused-ring (bicyclic) bond motifs is 1. The number of piperidine rings is 1. The summed E-state index contributed by atoms with van der Waals surface area (Å²) >= 11 is 0. The minimum absolute atomic E-state index is 0.0157. The van der Waals surface area contributed by atoms with Crippen molar-refractivity contribution in [3.05, 3.63) is 29.3 Å². The largest absolute Gasteiger partial charge is 0.483 e. The molecule has 2 heterocycles. The monoisotopic (exact) mass is 535 g/mol. The van der Waals surface area contributed by atoms with Gasteiger partial charge in [-0.1, -0.05) is 6.07 Å². The van der Waals surface area contributed by atoms with Gasteiger partial charge >= 0.3 is 0 Å². The second-order valence-corrected chi connectivity index (χ2v) is 8.30. The van der Waals surface area contributed by atoms with Crippen LogP contribution in [0.1, 0.15) is 40.5 Å². The first kappa shape index (κ1) is 29.2. The number of amides is 5. The standard InChI is InChI=1S/C25H33N3O10/c1-2-34-10-11-36-14-15-37-13-12-35-9-8-26-21(30)16-38-19-5-3-4-17-22(19)25(33)28(24(17)32)18-6-7-20(29)27-23(18)31/h3-5,18H,2,6-16H2,1H3,(H,26,30)(H,27,29,31). The summed E-state index contributed by atoms with van der Waals surface area (Å²) in [6, 6.07) is 3.36. The highest BCUT2D eigenvalue weighted by molar-refractivity contribution is 6.24. The Morgan fingerprint density at radius 2 is 1.61 bits per heavy atom. The van der Waals surface area contributed by atoms with Gasteiger partial charge in [-0.15, -0.1) is 0 Å². The van der Waals surface area contributed by atoms with Crippen LogP contribution in [-0.2, 0) is 33.3 Å². The van der Waals surface area contributed by atoms with E-state index in [2.05, 4.69) is 10.6 Å². The van der Waals surface area contributed by atoms with E-state index >= 15 is 0 Å². The molecule has 0 saturated carbocycles. The molecule has 1 aromatic carbocycles. The highest BCUT2D eigenvalue weighted by Gasteiger charge is 2.46. The van der Waals surface area contributed by atoms with Gasteiger partial charge in [0.2, 0.25) is 11.8 Å². The third kappa shape index (κ3) is 8.05. The van der Waals surface area contributed by atoms with E-state index < -0.39 is 35.6 Å². The van der Waals surface area contributed by atoms with E-state index in [-0.39, 0.29) is 49.5 Å². The van der Waals surface area contributed by atoms with E-state index in [4.69, 9.17) is 23.7 Å². The van der Waals surface area contributed by atoms with Crippen LogP contribution < -0.4 is 15.4 Å². The predicted octanol–water partition coefficient (Wildman–Crippen LogP) is -0.331. The zero-order valence-corrected chi connectivity index (χ0v) is 21.3. The lowest BCUT2D eigenvalue weighted by Gasteiger charge is -2.27. The molecule has 13 nitrogen and oxygen atoms in total. The van der Waals surface area contributed by atoms with Crippen LogP contribution in [0.5, 0.6) is 5.75 Å². The van der Waals surface area contributed by atoms with Gasteiger partial charge < -0.3 is 29.0 Å². The molecule has 208 valence electrons. The molecule has 38 heavy (non-hydrogen) atoms. The van der Waals surface area contributed by atoms with Crippen LogP contribution in [0.4, 0.5) is 0 Å². The van der Waals surface area contributed by atoms with Gasteiger partial charge in [0, 0.05) is 19.6 Å². The van der Waals surface area contributed by atoms with E-state index in [9.17, 15) is 24.0 Å². The van der Waals surface area contributed by atoms with E-state index in [0.29, 0.717) is 46.2 Å². The third-order valence-electron chi connectivity index (χ3n) is 5.68. The summed E-state index contributed by atoms with van der Waals surface area (Å²) in [6.07, 6.45) is 0.0702. The van der Waals surface area contributed by atoms with Crippen LogP contribution in [0.25, 0.3) is 0 Å². The second-order valence-electron chi connectivity index (χ2n) is 8.30. The molecule has 13 heteroatoms. The Labute approximate surface area is 220 Å². The van der Waals surface area contributed by atoms with Crippen molar-refractivity contribution in [2.75, 3.05) is 66.0 Å².